The summed E-state index contributed by atoms with van der Waals surface area (Å²) in [4.78, 5) is 20.9. The highest BCUT2D eigenvalue weighted by atomic mass is 16.1. The van der Waals surface area contributed by atoms with Gasteiger partial charge in [0.25, 0.3) is 5.56 Å². The molecule has 1 fully saturated rings. The lowest BCUT2D eigenvalue weighted by Crippen LogP contribution is -2.33. The molecule has 1 aliphatic rings. The number of rotatable bonds is 3. The first-order valence-electron chi connectivity index (χ1n) is 8.16. The van der Waals surface area contributed by atoms with Gasteiger partial charge in [0.2, 0.25) is 5.95 Å². The van der Waals surface area contributed by atoms with Gasteiger partial charge in [0, 0.05) is 23.5 Å². The topological polar surface area (TPSA) is 72.7 Å². The molecule has 0 aliphatic heterocycles. The van der Waals surface area contributed by atoms with Crippen molar-refractivity contribution in [3.8, 4) is 0 Å². The van der Waals surface area contributed by atoms with E-state index in [1.165, 1.54) is 0 Å². The van der Waals surface area contributed by atoms with E-state index >= 15 is 0 Å². The fourth-order valence-electron chi connectivity index (χ4n) is 3.22. The molecule has 3 rings (SSSR count). The molecule has 0 unspecified atom stereocenters. The van der Waals surface area contributed by atoms with Gasteiger partial charge in [0.15, 0.2) is 0 Å². The molecule has 6 heteroatoms. The van der Waals surface area contributed by atoms with Crippen LogP contribution in [0.3, 0.4) is 0 Å². The Morgan fingerprint density at radius 2 is 1.65 bits per heavy atom. The number of nitrogens with zero attached hydrogens (tertiary/aromatic N) is 4. The molecule has 0 spiro atoms. The zero-order valence-corrected chi connectivity index (χ0v) is 13.9. The zero-order valence-electron chi connectivity index (χ0n) is 13.9. The summed E-state index contributed by atoms with van der Waals surface area (Å²) >= 11 is 0. The van der Waals surface area contributed by atoms with Crippen LogP contribution >= 0.6 is 0 Å². The minimum Gasteiger partial charge on any atom is -0.351 e. The third kappa shape index (κ3) is 3.75. The van der Waals surface area contributed by atoms with E-state index < -0.39 is 0 Å². The van der Waals surface area contributed by atoms with Crippen molar-refractivity contribution in [1.29, 1.82) is 0 Å². The van der Waals surface area contributed by atoms with Crippen LogP contribution in [0.2, 0.25) is 0 Å². The van der Waals surface area contributed by atoms with Crippen molar-refractivity contribution in [2.24, 2.45) is 0 Å². The summed E-state index contributed by atoms with van der Waals surface area (Å²) < 4.78 is 1.65. The molecule has 0 atom stereocenters. The number of nitrogens with one attached hydrogen (secondary N) is 1. The van der Waals surface area contributed by atoms with E-state index in [9.17, 15) is 4.79 Å². The van der Waals surface area contributed by atoms with Crippen LogP contribution in [0, 0.1) is 20.8 Å². The van der Waals surface area contributed by atoms with Crippen LogP contribution in [0.15, 0.2) is 23.0 Å². The standard InChI is InChI=1S/C17H23N5O/c1-11-4-9-16(23)22(21-11)15-7-5-14(6-8-15)20-17-18-12(2)10-13(3)19-17/h4,9-10,14-15H,5-8H2,1-3H3,(H,18,19,20). The van der Waals surface area contributed by atoms with Gasteiger partial charge in [-0.05, 0) is 58.6 Å². The molecule has 0 saturated heterocycles. The highest BCUT2D eigenvalue weighted by Crippen LogP contribution is 2.28. The number of aryl methyl sites for hydroxylation is 3. The van der Waals surface area contributed by atoms with E-state index in [1.807, 2.05) is 26.8 Å². The Hall–Kier alpha value is -2.24. The largest absolute Gasteiger partial charge is 0.351 e. The Labute approximate surface area is 136 Å². The summed E-state index contributed by atoms with van der Waals surface area (Å²) in [5, 5.41) is 7.82. The molecule has 2 aromatic rings. The van der Waals surface area contributed by atoms with Crippen LogP contribution in [0.4, 0.5) is 5.95 Å². The van der Waals surface area contributed by atoms with Crippen LogP contribution in [-0.4, -0.2) is 25.8 Å². The molecule has 6 nitrogen and oxygen atoms in total. The second kappa shape index (κ2) is 6.48. The number of hydrogen-bond acceptors (Lipinski definition) is 5. The van der Waals surface area contributed by atoms with Crippen LogP contribution in [0.25, 0.3) is 0 Å². The predicted molar refractivity (Wildman–Crippen MR) is 89.7 cm³/mol. The van der Waals surface area contributed by atoms with Gasteiger partial charge in [-0.3, -0.25) is 4.79 Å². The lowest BCUT2D eigenvalue weighted by molar-refractivity contribution is 0.302. The molecule has 23 heavy (non-hydrogen) atoms. The molecular weight excluding hydrogens is 290 g/mol. The summed E-state index contributed by atoms with van der Waals surface area (Å²) in [7, 11) is 0. The molecule has 122 valence electrons. The van der Waals surface area contributed by atoms with Gasteiger partial charge in [-0.15, -0.1) is 0 Å². The summed E-state index contributed by atoms with van der Waals surface area (Å²) in [5.41, 5.74) is 2.83. The molecule has 0 radical (unpaired) electrons. The number of hydrogen-bond donors (Lipinski definition) is 1. The van der Waals surface area contributed by atoms with Crippen molar-refractivity contribution in [1.82, 2.24) is 19.7 Å². The molecule has 0 bridgehead atoms. The van der Waals surface area contributed by atoms with Gasteiger partial charge in [-0.2, -0.15) is 5.10 Å². The molecule has 1 saturated carbocycles. The van der Waals surface area contributed by atoms with Crippen molar-refractivity contribution in [3.63, 3.8) is 0 Å². The lowest BCUT2D eigenvalue weighted by Gasteiger charge is -2.29. The van der Waals surface area contributed by atoms with E-state index in [0.717, 1.165) is 42.8 Å². The quantitative estimate of drug-likeness (QED) is 0.943. The Balaban J connectivity index is 1.64. The number of aromatic nitrogens is 4. The van der Waals surface area contributed by atoms with Gasteiger partial charge in [-0.25, -0.2) is 14.6 Å². The van der Waals surface area contributed by atoms with Crippen molar-refractivity contribution in [2.75, 3.05) is 5.32 Å². The molecule has 0 aromatic carbocycles. The number of anilines is 1. The van der Waals surface area contributed by atoms with Gasteiger partial charge in [0.1, 0.15) is 0 Å². The fraction of sp³-hybridized carbons (Fsp3) is 0.529. The summed E-state index contributed by atoms with van der Waals surface area (Å²) in [5.74, 6) is 0.705. The first kappa shape index (κ1) is 15.6. The van der Waals surface area contributed by atoms with E-state index in [-0.39, 0.29) is 11.6 Å². The maximum absolute atomic E-state index is 12.0. The average molecular weight is 313 g/mol. The lowest BCUT2D eigenvalue weighted by atomic mass is 9.91. The Bertz CT molecular complexity index is 727. The maximum atomic E-state index is 12.0. The Kier molecular flexibility index (Phi) is 4.41. The summed E-state index contributed by atoms with van der Waals surface area (Å²) in [6, 6.07) is 5.89. The minimum atomic E-state index is -0.00958. The maximum Gasteiger partial charge on any atom is 0.267 e. The van der Waals surface area contributed by atoms with Gasteiger partial charge in [-0.1, -0.05) is 0 Å². The van der Waals surface area contributed by atoms with E-state index in [4.69, 9.17) is 0 Å². The smallest absolute Gasteiger partial charge is 0.267 e. The Morgan fingerprint density at radius 3 is 2.30 bits per heavy atom. The van der Waals surface area contributed by atoms with Crippen molar-refractivity contribution < 1.29 is 0 Å². The average Bonchev–Trinajstić information content (AvgIpc) is 2.49. The third-order valence-corrected chi connectivity index (χ3v) is 4.32. The van der Waals surface area contributed by atoms with E-state index in [1.54, 1.807) is 16.8 Å². The highest BCUT2D eigenvalue weighted by molar-refractivity contribution is 5.29. The molecule has 2 aromatic heterocycles. The summed E-state index contributed by atoms with van der Waals surface area (Å²) in [6.45, 7) is 5.87. The van der Waals surface area contributed by atoms with E-state index in [2.05, 4.69) is 20.4 Å². The third-order valence-electron chi connectivity index (χ3n) is 4.32. The fourth-order valence-corrected chi connectivity index (χ4v) is 3.22. The second-order valence-electron chi connectivity index (χ2n) is 6.38. The van der Waals surface area contributed by atoms with Crippen LogP contribution < -0.4 is 10.9 Å². The zero-order chi connectivity index (χ0) is 16.4. The first-order valence-corrected chi connectivity index (χ1v) is 8.16. The molecule has 2 heterocycles. The van der Waals surface area contributed by atoms with Crippen molar-refractivity contribution in [2.45, 2.75) is 58.5 Å². The molecular formula is C17H23N5O. The van der Waals surface area contributed by atoms with E-state index in [0.29, 0.717) is 12.0 Å². The van der Waals surface area contributed by atoms with Crippen LogP contribution in [-0.2, 0) is 0 Å². The van der Waals surface area contributed by atoms with Gasteiger partial charge >= 0.3 is 0 Å². The van der Waals surface area contributed by atoms with Crippen molar-refractivity contribution in [3.05, 3.63) is 45.6 Å². The Morgan fingerprint density at radius 1 is 1.00 bits per heavy atom. The molecule has 1 aliphatic carbocycles. The predicted octanol–water partition coefficient (Wildman–Crippen LogP) is 2.55. The van der Waals surface area contributed by atoms with Gasteiger partial charge in [0.05, 0.1) is 11.7 Å². The first-order chi connectivity index (χ1) is 11.0. The summed E-state index contributed by atoms with van der Waals surface area (Å²) in [6.07, 6.45) is 3.86. The van der Waals surface area contributed by atoms with Crippen LogP contribution in [0.5, 0.6) is 0 Å². The monoisotopic (exact) mass is 313 g/mol. The normalized spacial score (nSPS) is 21.2. The minimum absolute atomic E-state index is 0.00958. The SMILES string of the molecule is Cc1cc(C)nc(NC2CCC(n3nc(C)ccc3=O)CC2)n1. The second-order valence-corrected chi connectivity index (χ2v) is 6.38. The highest BCUT2D eigenvalue weighted by Gasteiger charge is 2.24. The van der Waals surface area contributed by atoms with Crippen molar-refractivity contribution >= 4 is 5.95 Å². The van der Waals surface area contributed by atoms with Crippen LogP contribution in [0.1, 0.15) is 48.8 Å². The molecule has 0 amide bonds. The van der Waals surface area contributed by atoms with Gasteiger partial charge < -0.3 is 5.32 Å². The molecule has 1 N–H and O–H groups in total.